The summed E-state index contributed by atoms with van der Waals surface area (Å²) in [5.74, 6) is 0.323. The fourth-order valence-electron chi connectivity index (χ4n) is 3.10. The number of H-pyrrole nitrogens is 4. The van der Waals surface area contributed by atoms with Crippen molar-refractivity contribution in [1.29, 1.82) is 0 Å². The standard InChI is InChI=1S/C10H14N2O5.C5H5N5O.C4H5N3O/c1-5-3-12(10(16)11-9(5)15)8-2-6(14)7(4-13)17-8;6-5-9-3-2(4(11)10-5)7-1-8-3;5-3-1-2-6-4(8)7-3/h3,6-8,13-14H,2,4H2,1H3,(H,11,15,16);1H,(H4,6,7,8,9,10,11);1-2H,(H3,5,6,7,8)/t6-,7+,8+;;/m0../s1. The van der Waals surface area contributed by atoms with Crippen molar-refractivity contribution in [2.45, 2.75) is 31.8 Å². The smallest absolute Gasteiger partial charge is 0.346 e. The highest BCUT2D eigenvalue weighted by Crippen LogP contribution is 2.27. The number of aryl methyl sites for hydroxylation is 1. The van der Waals surface area contributed by atoms with E-state index in [9.17, 15) is 24.3 Å². The Balaban J connectivity index is 0.000000163. The number of anilines is 2. The molecule has 0 saturated carbocycles. The van der Waals surface area contributed by atoms with Crippen LogP contribution in [0.4, 0.5) is 11.8 Å². The molecule has 0 spiro atoms. The molecule has 3 atom stereocenters. The van der Waals surface area contributed by atoms with Crippen LogP contribution in [0.2, 0.25) is 0 Å². The highest BCUT2D eigenvalue weighted by molar-refractivity contribution is 5.69. The molecule has 1 saturated heterocycles. The van der Waals surface area contributed by atoms with Crippen LogP contribution in [0.5, 0.6) is 0 Å². The lowest BCUT2D eigenvalue weighted by molar-refractivity contribution is -0.0459. The molecule has 0 unspecified atom stereocenters. The highest BCUT2D eigenvalue weighted by atomic mass is 16.5. The number of nitrogens with one attached hydrogen (secondary N) is 4. The largest absolute Gasteiger partial charge is 0.394 e. The fraction of sp³-hybridized carbons (Fsp3) is 0.316. The van der Waals surface area contributed by atoms with Gasteiger partial charge in [-0.15, -0.1) is 0 Å². The molecule has 0 aliphatic carbocycles. The van der Waals surface area contributed by atoms with Crippen molar-refractivity contribution < 1.29 is 14.9 Å². The minimum absolute atomic E-state index is 0.0783. The maximum Gasteiger partial charge on any atom is 0.346 e. The van der Waals surface area contributed by atoms with E-state index in [0.29, 0.717) is 16.7 Å². The Hall–Kier alpha value is -4.61. The van der Waals surface area contributed by atoms with Crippen LogP contribution in [0.25, 0.3) is 11.2 Å². The number of imidazole rings is 1. The van der Waals surface area contributed by atoms with E-state index in [0.717, 1.165) is 0 Å². The van der Waals surface area contributed by atoms with E-state index < -0.39 is 35.4 Å². The summed E-state index contributed by atoms with van der Waals surface area (Å²) in [4.78, 5) is 64.4. The van der Waals surface area contributed by atoms with E-state index in [1.807, 2.05) is 0 Å². The summed E-state index contributed by atoms with van der Waals surface area (Å²) in [6.07, 6.45) is 2.26. The summed E-state index contributed by atoms with van der Waals surface area (Å²) in [7, 11) is 0. The zero-order chi connectivity index (χ0) is 26.4. The Kier molecular flexibility index (Phi) is 8.10. The Bertz CT molecular complexity index is 1550. The van der Waals surface area contributed by atoms with Gasteiger partial charge in [0.2, 0.25) is 5.95 Å². The molecule has 4 aromatic heterocycles. The van der Waals surface area contributed by atoms with Crippen molar-refractivity contribution in [1.82, 2.24) is 39.5 Å². The molecule has 1 aliphatic rings. The molecule has 0 radical (unpaired) electrons. The van der Waals surface area contributed by atoms with Crippen molar-refractivity contribution in [3.05, 3.63) is 72.0 Å². The number of fused-ring (bicyclic) bond motifs is 1. The SMILES string of the molecule is Cc1cn([C@H]2C[C@H](O)[C@@H](CO)O2)c(=O)[nH]c1=O.Nc1cc[nH]c(=O)n1.Nc1nc2nc[nH]c2c(=O)[nH]1. The number of nitrogen functional groups attached to an aromatic ring is 2. The van der Waals surface area contributed by atoms with Gasteiger partial charge in [0.05, 0.1) is 19.0 Å². The van der Waals surface area contributed by atoms with Crippen LogP contribution >= 0.6 is 0 Å². The average molecular weight is 504 g/mol. The van der Waals surface area contributed by atoms with Gasteiger partial charge in [-0.3, -0.25) is 24.1 Å². The van der Waals surface area contributed by atoms with Gasteiger partial charge in [0.1, 0.15) is 18.1 Å². The number of rotatable bonds is 2. The lowest BCUT2D eigenvalue weighted by atomic mass is 10.2. The van der Waals surface area contributed by atoms with Gasteiger partial charge >= 0.3 is 11.4 Å². The predicted octanol–water partition coefficient (Wildman–Crippen LogP) is -2.93. The summed E-state index contributed by atoms with van der Waals surface area (Å²) < 4.78 is 6.54. The van der Waals surface area contributed by atoms with Gasteiger partial charge in [-0.2, -0.15) is 9.97 Å². The molecule has 10 N–H and O–H groups in total. The predicted molar refractivity (Wildman–Crippen MR) is 126 cm³/mol. The van der Waals surface area contributed by atoms with Crippen LogP contribution in [-0.2, 0) is 4.74 Å². The number of ether oxygens (including phenoxy) is 1. The van der Waals surface area contributed by atoms with Crippen LogP contribution in [0.3, 0.4) is 0 Å². The quantitative estimate of drug-likeness (QED) is 0.136. The van der Waals surface area contributed by atoms with Gasteiger partial charge in [-0.05, 0) is 13.0 Å². The summed E-state index contributed by atoms with van der Waals surface area (Å²) in [5.41, 5.74) is 9.72. The number of aromatic nitrogens is 8. The molecule has 1 fully saturated rings. The number of hydrogen-bond donors (Lipinski definition) is 8. The average Bonchev–Trinajstić information content (AvgIpc) is 3.43. The van der Waals surface area contributed by atoms with Crippen molar-refractivity contribution in [2.75, 3.05) is 18.1 Å². The van der Waals surface area contributed by atoms with Crippen molar-refractivity contribution in [2.24, 2.45) is 0 Å². The third-order valence-electron chi connectivity index (χ3n) is 4.85. The van der Waals surface area contributed by atoms with Crippen LogP contribution in [0.1, 0.15) is 18.2 Å². The van der Waals surface area contributed by atoms with Crippen molar-refractivity contribution >= 4 is 22.9 Å². The minimum atomic E-state index is -0.816. The normalized spacial score (nSPS) is 18.7. The van der Waals surface area contributed by atoms with Gasteiger partial charge in [-0.25, -0.2) is 14.6 Å². The van der Waals surface area contributed by atoms with Gasteiger partial charge in [0.15, 0.2) is 11.2 Å². The molecule has 5 rings (SSSR count). The minimum Gasteiger partial charge on any atom is -0.394 e. The maximum atomic E-state index is 11.6. The molecule has 5 heterocycles. The third kappa shape index (κ3) is 6.29. The molecule has 17 heteroatoms. The second kappa shape index (κ2) is 11.2. The van der Waals surface area contributed by atoms with E-state index in [2.05, 4.69) is 34.9 Å². The zero-order valence-electron chi connectivity index (χ0n) is 18.8. The third-order valence-corrected chi connectivity index (χ3v) is 4.85. The first-order valence-electron chi connectivity index (χ1n) is 10.4. The van der Waals surface area contributed by atoms with Crippen LogP contribution in [0, 0.1) is 6.92 Å². The Labute approximate surface area is 199 Å². The molecule has 192 valence electrons. The molecule has 0 aromatic carbocycles. The van der Waals surface area contributed by atoms with Crippen LogP contribution < -0.4 is 34.0 Å². The van der Waals surface area contributed by atoms with Gasteiger partial charge < -0.3 is 36.4 Å². The van der Waals surface area contributed by atoms with Gasteiger partial charge in [0.25, 0.3) is 11.1 Å². The van der Waals surface area contributed by atoms with Gasteiger partial charge in [-0.1, -0.05) is 0 Å². The number of nitrogens with zero attached hydrogens (tertiary/aromatic N) is 4. The number of nitrogens with two attached hydrogens (primary N) is 2. The van der Waals surface area contributed by atoms with E-state index in [-0.39, 0.29) is 30.4 Å². The molecular formula is C19H24N10O7. The van der Waals surface area contributed by atoms with E-state index in [1.54, 1.807) is 6.92 Å². The molecule has 36 heavy (non-hydrogen) atoms. The number of aliphatic hydroxyl groups is 2. The van der Waals surface area contributed by atoms with Crippen LogP contribution in [-0.4, -0.2) is 68.5 Å². The summed E-state index contributed by atoms with van der Waals surface area (Å²) in [6, 6.07) is 1.52. The Morgan fingerprint density at radius 3 is 2.50 bits per heavy atom. The van der Waals surface area contributed by atoms with E-state index >= 15 is 0 Å². The number of hydrogen-bond acceptors (Lipinski definition) is 12. The first-order chi connectivity index (χ1) is 17.1. The molecule has 17 nitrogen and oxygen atoms in total. The second-order valence-electron chi connectivity index (χ2n) is 7.47. The first kappa shape index (κ1) is 26.0. The molecule has 0 bridgehead atoms. The van der Waals surface area contributed by atoms with Gasteiger partial charge in [0, 0.05) is 24.4 Å². The number of aromatic amines is 4. The first-order valence-corrected chi connectivity index (χ1v) is 10.4. The zero-order valence-corrected chi connectivity index (χ0v) is 18.8. The maximum absolute atomic E-state index is 11.6. The Morgan fingerprint density at radius 2 is 1.89 bits per heavy atom. The molecule has 4 aromatic rings. The van der Waals surface area contributed by atoms with Crippen molar-refractivity contribution in [3.63, 3.8) is 0 Å². The van der Waals surface area contributed by atoms with E-state index in [4.69, 9.17) is 21.3 Å². The Morgan fingerprint density at radius 1 is 1.14 bits per heavy atom. The van der Waals surface area contributed by atoms with E-state index in [1.165, 1.54) is 29.4 Å². The van der Waals surface area contributed by atoms with Crippen LogP contribution in [0.15, 0.2) is 44.0 Å². The van der Waals surface area contributed by atoms with Crippen molar-refractivity contribution in [3.8, 4) is 0 Å². The summed E-state index contributed by atoms with van der Waals surface area (Å²) in [6.45, 7) is 1.26. The highest BCUT2D eigenvalue weighted by Gasteiger charge is 2.34. The summed E-state index contributed by atoms with van der Waals surface area (Å²) >= 11 is 0. The summed E-state index contributed by atoms with van der Waals surface area (Å²) in [5, 5.41) is 18.5. The lowest BCUT2D eigenvalue weighted by Crippen LogP contribution is -2.33. The topological polar surface area (TPSA) is 277 Å². The number of aliphatic hydroxyl groups excluding tert-OH is 2. The second-order valence-corrected chi connectivity index (χ2v) is 7.47. The fourth-order valence-corrected chi connectivity index (χ4v) is 3.10. The molecule has 0 amide bonds. The lowest BCUT2D eigenvalue weighted by Gasteiger charge is -2.14. The monoisotopic (exact) mass is 504 g/mol. The molecular weight excluding hydrogens is 480 g/mol. The molecule has 1 aliphatic heterocycles.